The molecular formula is C32H32F4N2O5S. The number of hydrogen-bond donors (Lipinski definition) is 2. The molecular weight excluding hydrogens is 600 g/mol. The Kier molecular flexibility index (Phi) is 8.25. The van der Waals surface area contributed by atoms with Gasteiger partial charge in [-0.2, -0.15) is 13.2 Å². The Morgan fingerprint density at radius 2 is 1.61 bits per heavy atom. The van der Waals surface area contributed by atoms with Crippen LogP contribution in [0.5, 0.6) is 5.75 Å². The van der Waals surface area contributed by atoms with Crippen LogP contribution in [0.3, 0.4) is 0 Å². The molecule has 0 radical (unpaired) electrons. The highest BCUT2D eigenvalue weighted by molar-refractivity contribution is 7.92. The lowest BCUT2D eigenvalue weighted by Gasteiger charge is -2.31. The van der Waals surface area contributed by atoms with Crippen molar-refractivity contribution in [2.75, 3.05) is 12.4 Å². The van der Waals surface area contributed by atoms with Crippen molar-refractivity contribution in [2.45, 2.75) is 56.5 Å². The second kappa shape index (κ2) is 11.5. The molecule has 0 aliphatic heterocycles. The van der Waals surface area contributed by atoms with Crippen LogP contribution in [0.15, 0.2) is 53.4 Å². The van der Waals surface area contributed by atoms with Gasteiger partial charge in [-0.25, -0.2) is 12.8 Å². The third-order valence-corrected chi connectivity index (χ3v) is 10.5. The Morgan fingerprint density at radius 1 is 0.955 bits per heavy atom. The summed E-state index contributed by atoms with van der Waals surface area (Å²) in [6, 6.07) is 9.66. The van der Waals surface area contributed by atoms with Gasteiger partial charge in [0.15, 0.2) is 0 Å². The molecule has 44 heavy (non-hydrogen) atoms. The lowest BCUT2D eigenvalue weighted by atomic mass is 9.83. The second-order valence-electron chi connectivity index (χ2n) is 11.6. The number of hydrogen-bond acceptors (Lipinski definition) is 5. The van der Waals surface area contributed by atoms with Crippen LogP contribution in [-0.2, 0) is 14.6 Å². The van der Waals surface area contributed by atoms with Gasteiger partial charge in [-0.3, -0.25) is 9.59 Å². The van der Waals surface area contributed by atoms with E-state index in [1.54, 1.807) is 0 Å². The monoisotopic (exact) mass is 632 g/mol. The highest BCUT2D eigenvalue weighted by Crippen LogP contribution is 2.49. The Hall–Kier alpha value is -3.93. The molecule has 2 bridgehead atoms. The van der Waals surface area contributed by atoms with E-state index in [4.69, 9.17) is 4.74 Å². The number of anilines is 1. The van der Waals surface area contributed by atoms with Crippen LogP contribution in [0, 0.1) is 44.3 Å². The first-order valence-corrected chi connectivity index (χ1v) is 15.6. The first kappa shape index (κ1) is 31.5. The molecule has 7 nitrogen and oxygen atoms in total. The molecule has 2 aliphatic rings. The maximum atomic E-state index is 15.2. The molecule has 12 heteroatoms. The number of aryl methyl sites for hydroxylation is 2. The van der Waals surface area contributed by atoms with Gasteiger partial charge in [-0.05, 0) is 98.4 Å². The molecule has 2 fully saturated rings. The van der Waals surface area contributed by atoms with Crippen molar-refractivity contribution in [1.82, 2.24) is 5.32 Å². The predicted molar refractivity (Wildman–Crippen MR) is 156 cm³/mol. The molecule has 2 N–H and O–H groups in total. The second-order valence-corrected chi connectivity index (χ2v) is 13.5. The molecule has 2 amide bonds. The first-order chi connectivity index (χ1) is 20.6. The molecule has 234 valence electrons. The maximum Gasteiger partial charge on any atom is 0.501 e. The van der Waals surface area contributed by atoms with E-state index >= 15 is 4.39 Å². The molecule has 0 heterocycles. The van der Waals surface area contributed by atoms with Gasteiger partial charge in [-0.15, -0.1) is 0 Å². The van der Waals surface area contributed by atoms with Gasteiger partial charge in [0.1, 0.15) is 11.6 Å². The summed E-state index contributed by atoms with van der Waals surface area (Å²) in [5, 5.41) is 5.51. The highest BCUT2D eigenvalue weighted by atomic mass is 32.2. The highest BCUT2D eigenvalue weighted by Gasteiger charge is 2.52. The van der Waals surface area contributed by atoms with Crippen LogP contribution in [-0.4, -0.2) is 38.9 Å². The number of carbonyl (C=O) groups is 2. The average Bonchev–Trinajstić information content (AvgIpc) is 3.57. The molecule has 5 rings (SSSR count). The summed E-state index contributed by atoms with van der Waals surface area (Å²) in [4.78, 5) is 26.2. The summed E-state index contributed by atoms with van der Waals surface area (Å²) in [6.45, 7) is 5.82. The largest absolute Gasteiger partial charge is 0.501 e. The topological polar surface area (TPSA) is 102 Å². The standard InChI is InChI=1S/C32H32F4N2O5S/c1-16-10-21(11-17(2)18(16)3)24-14-25(27(43-4)15-26(24)33)30(39)38-29-20-9-8-19(12-20)28(29)31(40)37-22-6-5-7-23(13-22)44(41,42)32(34,35)36/h5-7,10-11,13-15,19-20,28-29H,8-9,12H2,1-4H3,(H,37,40)(H,38,39)/t19-,20+,28+,29-/m1/s1. The summed E-state index contributed by atoms with van der Waals surface area (Å²) in [6.07, 6.45) is 2.17. The van der Waals surface area contributed by atoms with Gasteiger partial charge in [0.25, 0.3) is 15.7 Å². The Labute approximate surface area is 252 Å². The van der Waals surface area contributed by atoms with Crippen molar-refractivity contribution in [2.24, 2.45) is 17.8 Å². The SMILES string of the molecule is COc1cc(F)c(-c2cc(C)c(C)c(C)c2)cc1C(=O)N[C@@H]1[C@H]2CC[C@H](C2)[C@@H]1C(=O)Nc1cccc(S(=O)(=O)C(F)(F)F)c1. The van der Waals surface area contributed by atoms with Crippen LogP contribution in [0.2, 0.25) is 0 Å². The number of nitrogens with one attached hydrogen (secondary N) is 2. The number of carbonyl (C=O) groups excluding carboxylic acids is 2. The molecule has 0 spiro atoms. The van der Waals surface area contributed by atoms with Crippen LogP contribution in [0.1, 0.15) is 46.3 Å². The summed E-state index contributed by atoms with van der Waals surface area (Å²) in [5.41, 5.74) is -1.67. The van der Waals surface area contributed by atoms with Gasteiger partial charge in [-0.1, -0.05) is 18.2 Å². The number of fused-ring (bicyclic) bond motifs is 2. The van der Waals surface area contributed by atoms with Gasteiger partial charge >= 0.3 is 5.51 Å². The zero-order valence-corrected chi connectivity index (χ0v) is 25.3. The third kappa shape index (κ3) is 5.67. The molecule has 4 atom stereocenters. The van der Waals surface area contributed by atoms with Crippen molar-refractivity contribution in [3.63, 3.8) is 0 Å². The lowest BCUT2D eigenvalue weighted by molar-refractivity contribution is -0.122. The van der Waals surface area contributed by atoms with E-state index in [1.807, 2.05) is 32.9 Å². The number of rotatable bonds is 7. The quantitative estimate of drug-likeness (QED) is 0.290. The predicted octanol–water partition coefficient (Wildman–Crippen LogP) is 6.50. The number of halogens is 4. The lowest BCUT2D eigenvalue weighted by Crippen LogP contribution is -2.48. The van der Waals surface area contributed by atoms with Crippen molar-refractivity contribution in [1.29, 1.82) is 0 Å². The van der Waals surface area contributed by atoms with Crippen LogP contribution in [0.4, 0.5) is 23.2 Å². The number of ether oxygens (including phenoxy) is 1. The van der Waals surface area contributed by atoms with Gasteiger partial charge in [0.05, 0.1) is 23.5 Å². The van der Waals surface area contributed by atoms with Crippen molar-refractivity contribution < 1.29 is 40.3 Å². The third-order valence-electron chi connectivity index (χ3n) is 9.01. The van der Waals surface area contributed by atoms with Gasteiger partial charge in [0.2, 0.25) is 5.91 Å². The fourth-order valence-corrected chi connectivity index (χ4v) is 7.33. The van der Waals surface area contributed by atoms with Crippen molar-refractivity contribution >= 4 is 27.3 Å². The number of methoxy groups -OCH3 is 1. The average molecular weight is 633 g/mol. The summed E-state index contributed by atoms with van der Waals surface area (Å²) in [7, 11) is -4.28. The van der Waals surface area contributed by atoms with E-state index in [9.17, 15) is 31.2 Å². The first-order valence-electron chi connectivity index (χ1n) is 14.1. The molecule has 0 unspecified atom stereocenters. The Bertz CT molecular complexity index is 1730. The molecule has 3 aromatic carbocycles. The van der Waals surface area contributed by atoms with E-state index in [1.165, 1.54) is 19.2 Å². The summed E-state index contributed by atoms with van der Waals surface area (Å²) < 4.78 is 83.6. The van der Waals surface area contributed by atoms with E-state index in [-0.39, 0.29) is 34.4 Å². The molecule has 3 aromatic rings. The number of amides is 2. The van der Waals surface area contributed by atoms with Gasteiger partial charge < -0.3 is 15.4 Å². The summed E-state index contributed by atoms with van der Waals surface area (Å²) >= 11 is 0. The van der Waals surface area contributed by atoms with E-state index in [2.05, 4.69) is 10.6 Å². The molecule has 0 aromatic heterocycles. The Balaban J connectivity index is 1.41. The van der Waals surface area contributed by atoms with Crippen LogP contribution >= 0.6 is 0 Å². The Morgan fingerprint density at radius 3 is 2.25 bits per heavy atom. The number of alkyl halides is 3. The maximum absolute atomic E-state index is 15.2. The van der Waals surface area contributed by atoms with Crippen LogP contribution in [0.25, 0.3) is 11.1 Å². The zero-order valence-electron chi connectivity index (χ0n) is 24.5. The fourth-order valence-electron chi connectivity index (χ4n) is 6.52. The zero-order chi connectivity index (χ0) is 32.1. The number of sulfone groups is 1. The van der Waals surface area contributed by atoms with E-state index < -0.39 is 49.8 Å². The minimum absolute atomic E-state index is 0.0232. The normalized spacial score (nSPS) is 21.3. The smallest absolute Gasteiger partial charge is 0.496 e. The molecule has 2 aliphatic carbocycles. The van der Waals surface area contributed by atoms with E-state index in [0.29, 0.717) is 12.0 Å². The molecule has 2 saturated carbocycles. The summed E-state index contributed by atoms with van der Waals surface area (Å²) in [5.74, 6) is -2.46. The minimum Gasteiger partial charge on any atom is -0.496 e. The van der Waals surface area contributed by atoms with Crippen molar-refractivity contribution in [3.05, 3.63) is 76.6 Å². The van der Waals surface area contributed by atoms with Crippen molar-refractivity contribution in [3.8, 4) is 16.9 Å². The minimum atomic E-state index is -5.61. The number of benzene rings is 3. The van der Waals surface area contributed by atoms with E-state index in [0.717, 1.165) is 53.8 Å². The van der Waals surface area contributed by atoms with Gasteiger partial charge in [0, 0.05) is 23.4 Å². The molecule has 0 saturated heterocycles. The fraction of sp³-hybridized carbons (Fsp3) is 0.375. The van der Waals surface area contributed by atoms with Crippen LogP contribution < -0.4 is 15.4 Å².